The van der Waals surface area contributed by atoms with Gasteiger partial charge < -0.3 is 0 Å². The summed E-state index contributed by atoms with van der Waals surface area (Å²) in [6.45, 7) is 3.16. The van der Waals surface area contributed by atoms with Crippen molar-refractivity contribution in [2.45, 2.75) is 13.8 Å². The summed E-state index contributed by atoms with van der Waals surface area (Å²) >= 11 is 0. The van der Waals surface area contributed by atoms with Crippen LogP contribution in [0.25, 0.3) is 0 Å². The van der Waals surface area contributed by atoms with E-state index in [9.17, 15) is 14.5 Å². The molecule has 0 fully saturated rings. The van der Waals surface area contributed by atoms with Crippen molar-refractivity contribution in [3.8, 4) is 0 Å². The normalized spacial score (nSPS) is 9.92. The Bertz CT molecular complexity index is 336. The van der Waals surface area contributed by atoms with E-state index in [1.165, 1.54) is 6.07 Å². The summed E-state index contributed by atoms with van der Waals surface area (Å²) < 4.78 is 12.8. The lowest BCUT2D eigenvalue weighted by molar-refractivity contribution is -0.385. The highest BCUT2D eigenvalue weighted by Gasteiger charge is 2.12. The van der Waals surface area contributed by atoms with Crippen LogP contribution < -0.4 is 0 Å². The Morgan fingerprint density at radius 2 is 1.92 bits per heavy atom. The Morgan fingerprint density at radius 3 is 2.42 bits per heavy atom. The first-order valence-corrected chi connectivity index (χ1v) is 3.43. The summed E-state index contributed by atoms with van der Waals surface area (Å²) in [5, 5.41) is 10.3. The number of halogens is 1. The lowest BCUT2D eigenvalue weighted by Crippen LogP contribution is -1.94. The van der Waals surface area contributed by atoms with E-state index >= 15 is 0 Å². The monoisotopic (exact) mass is 169 g/mol. The Hall–Kier alpha value is -1.45. The van der Waals surface area contributed by atoms with Gasteiger partial charge in [0.25, 0.3) is 5.69 Å². The molecule has 1 aromatic rings. The zero-order valence-electron chi connectivity index (χ0n) is 6.80. The first kappa shape index (κ1) is 8.64. The molecule has 0 heterocycles. The van der Waals surface area contributed by atoms with Crippen LogP contribution in [0.4, 0.5) is 10.1 Å². The molecule has 0 amide bonds. The van der Waals surface area contributed by atoms with Gasteiger partial charge in [0.05, 0.1) is 11.0 Å². The lowest BCUT2D eigenvalue weighted by atomic mass is 10.1. The highest BCUT2D eigenvalue weighted by Crippen LogP contribution is 2.20. The maximum Gasteiger partial charge on any atom is 0.275 e. The van der Waals surface area contributed by atoms with Crippen LogP contribution in [0.5, 0.6) is 0 Å². The summed E-state index contributed by atoms with van der Waals surface area (Å²) in [6.07, 6.45) is 0. The molecule has 0 N–H and O–H groups in total. The number of nitro groups is 1. The average Bonchev–Trinajstić information content (AvgIpc) is 1.96. The topological polar surface area (TPSA) is 43.1 Å². The second-order valence-electron chi connectivity index (χ2n) is 2.64. The molecule has 0 aliphatic carbocycles. The van der Waals surface area contributed by atoms with Gasteiger partial charge in [-0.2, -0.15) is 0 Å². The van der Waals surface area contributed by atoms with Gasteiger partial charge in [-0.3, -0.25) is 10.1 Å². The molecule has 1 rings (SSSR count). The molecule has 0 saturated carbocycles. The molecule has 0 spiro atoms. The standard InChI is InChI=1S/C8H8FNO2/c1-5-3-6(2)8(10(11)12)4-7(5)9/h3-4H,1-2H3. The Balaban J connectivity index is 3.33. The summed E-state index contributed by atoms with van der Waals surface area (Å²) in [4.78, 5) is 9.74. The molecule has 0 bridgehead atoms. The van der Waals surface area contributed by atoms with Crippen LogP contribution in [-0.2, 0) is 0 Å². The third-order valence-corrected chi connectivity index (χ3v) is 1.67. The van der Waals surface area contributed by atoms with Crippen LogP contribution in [0.15, 0.2) is 12.1 Å². The van der Waals surface area contributed by atoms with Crippen molar-refractivity contribution in [1.82, 2.24) is 0 Å². The first-order valence-electron chi connectivity index (χ1n) is 3.43. The Morgan fingerprint density at radius 1 is 1.33 bits per heavy atom. The summed E-state index contributed by atoms with van der Waals surface area (Å²) in [7, 11) is 0. The fraction of sp³-hybridized carbons (Fsp3) is 0.250. The van der Waals surface area contributed by atoms with E-state index in [0.717, 1.165) is 6.07 Å². The Labute approximate surface area is 69.0 Å². The van der Waals surface area contributed by atoms with E-state index in [0.29, 0.717) is 11.1 Å². The molecule has 0 aliphatic heterocycles. The first-order chi connectivity index (χ1) is 5.52. The molecule has 3 nitrogen and oxygen atoms in total. The van der Waals surface area contributed by atoms with Gasteiger partial charge in [-0.1, -0.05) is 0 Å². The summed E-state index contributed by atoms with van der Waals surface area (Å²) in [5.74, 6) is -0.535. The SMILES string of the molecule is Cc1cc(C)c([N+](=O)[O-])cc1F. The van der Waals surface area contributed by atoms with Gasteiger partial charge in [0.1, 0.15) is 5.82 Å². The number of rotatable bonds is 1. The number of nitro benzene ring substituents is 1. The van der Waals surface area contributed by atoms with Crippen LogP contribution >= 0.6 is 0 Å². The average molecular weight is 169 g/mol. The number of benzene rings is 1. The molecular weight excluding hydrogens is 161 g/mol. The largest absolute Gasteiger partial charge is 0.275 e. The van der Waals surface area contributed by atoms with E-state index < -0.39 is 10.7 Å². The van der Waals surface area contributed by atoms with Crippen molar-refractivity contribution >= 4 is 5.69 Å². The molecule has 4 heteroatoms. The minimum Gasteiger partial charge on any atom is -0.258 e. The number of nitrogens with zero attached hydrogens (tertiary/aromatic N) is 1. The van der Waals surface area contributed by atoms with Crippen LogP contribution in [0.3, 0.4) is 0 Å². The van der Waals surface area contributed by atoms with Gasteiger partial charge in [-0.05, 0) is 25.5 Å². The second-order valence-corrected chi connectivity index (χ2v) is 2.64. The molecular formula is C8H8FNO2. The summed E-state index contributed by atoms with van der Waals surface area (Å²) in [5.41, 5.74) is 0.745. The minimum absolute atomic E-state index is 0.168. The van der Waals surface area contributed by atoms with Gasteiger partial charge >= 0.3 is 0 Å². The molecule has 0 atom stereocenters. The van der Waals surface area contributed by atoms with Crippen molar-refractivity contribution in [2.24, 2.45) is 0 Å². The van der Waals surface area contributed by atoms with Crippen LogP contribution in [0.2, 0.25) is 0 Å². The maximum absolute atomic E-state index is 12.8. The molecule has 64 valence electrons. The van der Waals surface area contributed by atoms with Crippen molar-refractivity contribution in [3.05, 3.63) is 39.2 Å². The van der Waals surface area contributed by atoms with E-state index in [1.54, 1.807) is 13.8 Å². The molecule has 0 radical (unpaired) electrons. The molecule has 0 saturated heterocycles. The van der Waals surface area contributed by atoms with Gasteiger partial charge in [-0.15, -0.1) is 0 Å². The van der Waals surface area contributed by atoms with Crippen LogP contribution in [-0.4, -0.2) is 4.92 Å². The molecule has 1 aromatic carbocycles. The zero-order valence-corrected chi connectivity index (χ0v) is 6.80. The molecule has 0 aromatic heterocycles. The van der Waals surface area contributed by atoms with Gasteiger partial charge in [0.15, 0.2) is 0 Å². The van der Waals surface area contributed by atoms with Crippen molar-refractivity contribution in [1.29, 1.82) is 0 Å². The second kappa shape index (κ2) is 2.89. The molecule has 0 unspecified atom stereocenters. The fourth-order valence-electron chi connectivity index (χ4n) is 1.01. The minimum atomic E-state index is -0.585. The van der Waals surface area contributed by atoms with Gasteiger partial charge in [0, 0.05) is 5.56 Å². The number of hydrogen-bond acceptors (Lipinski definition) is 2. The van der Waals surface area contributed by atoms with Gasteiger partial charge in [-0.25, -0.2) is 4.39 Å². The van der Waals surface area contributed by atoms with Crippen molar-refractivity contribution in [3.63, 3.8) is 0 Å². The van der Waals surface area contributed by atoms with Crippen molar-refractivity contribution in [2.75, 3.05) is 0 Å². The highest BCUT2D eigenvalue weighted by molar-refractivity contribution is 5.42. The maximum atomic E-state index is 12.8. The fourth-order valence-corrected chi connectivity index (χ4v) is 1.01. The third kappa shape index (κ3) is 1.42. The predicted octanol–water partition coefficient (Wildman–Crippen LogP) is 2.35. The molecule has 0 aliphatic rings. The Kier molecular flexibility index (Phi) is 2.08. The number of hydrogen-bond donors (Lipinski definition) is 0. The third-order valence-electron chi connectivity index (χ3n) is 1.67. The predicted molar refractivity (Wildman–Crippen MR) is 42.5 cm³/mol. The van der Waals surface area contributed by atoms with E-state index in [1.807, 2.05) is 0 Å². The highest BCUT2D eigenvalue weighted by atomic mass is 19.1. The van der Waals surface area contributed by atoms with Crippen LogP contribution in [0.1, 0.15) is 11.1 Å². The van der Waals surface area contributed by atoms with E-state index in [2.05, 4.69) is 0 Å². The summed E-state index contributed by atoms with van der Waals surface area (Å²) in [6, 6.07) is 2.41. The van der Waals surface area contributed by atoms with E-state index in [-0.39, 0.29) is 5.69 Å². The molecule has 12 heavy (non-hydrogen) atoms. The van der Waals surface area contributed by atoms with Gasteiger partial charge in [0.2, 0.25) is 0 Å². The van der Waals surface area contributed by atoms with Crippen LogP contribution in [0, 0.1) is 29.8 Å². The van der Waals surface area contributed by atoms with Crippen molar-refractivity contribution < 1.29 is 9.31 Å². The quantitative estimate of drug-likeness (QED) is 0.478. The van der Waals surface area contributed by atoms with E-state index in [4.69, 9.17) is 0 Å². The smallest absolute Gasteiger partial charge is 0.258 e. The zero-order chi connectivity index (χ0) is 9.30. The number of aryl methyl sites for hydroxylation is 2. The lowest BCUT2D eigenvalue weighted by Gasteiger charge is -1.99.